The van der Waals surface area contributed by atoms with Gasteiger partial charge in [-0.2, -0.15) is 0 Å². The van der Waals surface area contributed by atoms with E-state index in [0.29, 0.717) is 11.4 Å². The van der Waals surface area contributed by atoms with Crippen LogP contribution in [0.5, 0.6) is 0 Å². The molecule has 3 amide bonds. The minimum absolute atomic E-state index is 0.0884. The molecule has 2 fully saturated rings. The lowest BCUT2D eigenvalue weighted by Crippen LogP contribution is -2.42. The summed E-state index contributed by atoms with van der Waals surface area (Å²) in [5, 5.41) is 2.80. The zero-order valence-electron chi connectivity index (χ0n) is 17.0. The van der Waals surface area contributed by atoms with Gasteiger partial charge in [0.1, 0.15) is 6.54 Å². The quantitative estimate of drug-likeness (QED) is 0.743. The molecule has 1 N–H and O–H groups in total. The molecule has 0 unspecified atom stereocenters. The number of anilines is 2. The van der Waals surface area contributed by atoms with Gasteiger partial charge in [0, 0.05) is 11.4 Å². The Labute approximate surface area is 176 Å². The highest BCUT2D eigenvalue weighted by molar-refractivity contribution is 7.91. The predicted molar refractivity (Wildman–Crippen MR) is 116 cm³/mol. The van der Waals surface area contributed by atoms with Crippen molar-refractivity contribution in [2.75, 3.05) is 28.3 Å². The lowest BCUT2D eigenvalue weighted by molar-refractivity contribution is -0.116. The van der Waals surface area contributed by atoms with E-state index in [0.717, 1.165) is 17.5 Å². The Morgan fingerprint density at radius 2 is 1.80 bits per heavy atom. The molecule has 2 aromatic carbocycles. The molecule has 0 bridgehead atoms. The molecule has 2 aromatic rings. The lowest BCUT2D eigenvalue weighted by Gasteiger charge is -2.22. The molecule has 2 aliphatic rings. The molecule has 0 spiro atoms. The highest BCUT2D eigenvalue weighted by Crippen LogP contribution is 2.35. The topological polar surface area (TPSA) is 86.8 Å². The fraction of sp³-hybridized carbons (Fsp3) is 0.364. The van der Waals surface area contributed by atoms with Crippen LogP contribution in [-0.2, 0) is 21.1 Å². The number of hydrogen-bond donors (Lipinski definition) is 1. The van der Waals surface area contributed by atoms with Gasteiger partial charge in [-0.1, -0.05) is 31.2 Å². The third-order valence-corrected chi connectivity index (χ3v) is 7.41. The number of rotatable bonds is 5. The maximum Gasteiger partial charge on any atom is 0.325 e. The summed E-state index contributed by atoms with van der Waals surface area (Å²) in [4.78, 5) is 28.8. The number of aryl methyl sites for hydroxylation is 2. The molecule has 2 atom stereocenters. The first-order valence-electron chi connectivity index (χ1n) is 10.0. The molecular weight excluding hydrogens is 402 g/mol. The van der Waals surface area contributed by atoms with Gasteiger partial charge in [-0.25, -0.2) is 13.2 Å². The maximum atomic E-state index is 13.2. The summed E-state index contributed by atoms with van der Waals surface area (Å²) < 4.78 is 24.6. The highest BCUT2D eigenvalue weighted by Gasteiger charge is 2.54. The number of amides is 3. The summed E-state index contributed by atoms with van der Waals surface area (Å²) in [6, 6.07) is 13.6. The largest absolute Gasteiger partial charge is 0.325 e. The van der Waals surface area contributed by atoms with Crippen LogP contribution >= 0.6 is 0 Å². The molecule has 0 aromatic heterocycles. The summed E-state index contributed by atoms with van der Waals surface area (Å²) in [7, 11) is -3.28. The van der Waals surface area contributed by atoms with Crippen molar-refractivity contribution < 1.29 is 18.0 Å². The van der Waals surface area contributed by atoms with E-state index in [-0.39, 0.29) is 30.0 Å². The number of nitrogens with zero attached hydrogens (tertiary/aromatic N) is 2. The van der Waals surface area contributed by atoms with Gasteiger partial charge in [0.05, 0.1) is 23.6 Å². The highest BCUT2D eigenvalue weighted by atomic mass is 32.2. The molecule has 4 rings (SSSR count). The van der Waals surface area contributed by atoms with Crippen molar-refractivity contribution in [3.05, 3.63) is 59.7 Å². The Balaban J connectivity index is 1.57. The van der Waals surface area contributed by atoms with E-state index in [4.69, 9.17) is 0 Å². The van der Waals surface area contributed by atoms with E-state index in [1.807, 2.05) is 56.3 Å². The first-order valence-corrected chi connectivity index (χ1v) is 11.9. The zero-order chi connectivity index (χ0) is 21.5. The fourth-order valence-corrected chi connectivity index (χ4v) is 6.18. The summed E-state index contributed by atoms with van der Waals surface area (Å²) >= 11 is 0. The van der Waals surface area contributed by atoms with E-state index in [1.54, 1.807) is 6.07 Å². The molecule has 158 valence electrons. The van der Waals surface area contributed by atoms with Gasteiger partial charge in [-0.3, -0.25) is 9.69 Å². The summed E-state index contributed by atoms with van der Waals surface area (Å²) in [5.74, 6) is -0.556. The van der Waals surface area contributed by atoms with Crippen LogP contribution in [-0.4, -0.2) is 55.4 Å². The first kappa shape index (κ1) is 20.4. The monoisotopic (exact) mass is 427 g/mol. The number of carbonyl (C=O) groups is 2. The Bertz CT molecular complexity index is 1080. The molecule has 2 aliphatic heterocycles. The molecule has 0 saturated carbocycles. The third-order valence-electron chi connectivity index (χ3n) is 5.72. The standard InChI is InChI=1S/C22H25N3O4S/c1-3-16-7-9-18(10-8-16)25-20-14-30(28,29)13-19(20)24(22(25)27)12-21(26)23-17-6-4-5-15(2)11-17/h4-11,19-20H,3,12-14H2,1-2H3,(H,23,26)/t19-,20-/m1/s1. The second-order valence-electron chi connectivity index (χ2n) is 7.93. The number of carbonyl (C=O) groups excluding carboxylic acids is 2. The van der Waals surface area contributed by atoms with Crippen molar-refractivity contribution >= 4 is 33.2 Å². The zero-order valence-corrected chi connectivity index (χ0v) is 17.9. The van der Waals surface area contributed by atoms with E-state index in [9.17, 15) is 18.0 Å². The molecule has 30 heavy (non-hydrogen) atoms. The van der Waals surface area contributed by atoms with Crippen LogP contribution in [0.25, 0.3) is 0 Å². The predicted octanol–water partition coefficient (Wildman–Crippen LogP) is 2.60. The Morgan fingerprint density at radius 3 is 2.47 bits per heavy atom. The summed E-state index contributed by atoms with van der Waals surface area (Å²) in [5.41, 5.74) is 3.45. The molecular formula is C22H25N3O4S. The molecule has 0 aliphatic carbocycles. The molecule has 7 nitrogen and oxygen atoms in total. The fourth-order valence-electron chi connectivity index (χ4n) is 4.23. The SMILES string of the molecule is CCc1ccc(N2C(=O)N(CC(=O)Nc3cccc(C)c3)[C@@H]3CS(=O)(=O)C[C@H]32)cc1. The summed E-state index contributed by atoms with van der Waals surface area (Å²) in [6.07, 6.45) is 0.875. The van der Waals surface area contributed by atoms with E-state index < -0.39 is 21.9 Å². The smallest absolute Gasteiger partial charge is 0.325 e. The normalized spacial score (nSPS) is 22.3. The second kappa shape index (κ2) is 7.75. The van der Waals surface area contributed by atoms with Crippen molar-refractivity contribution in [3.63, 3.8) is 0 Å². The van der Waals surface area contributed by atoms with Crippen molar-refractivity contribution in [1.29, 1.82) is 0 Å². The average Bonchev–Trinajstić information content (AvgIpc) is 3.12. The van der Waals surface area contributed by atoms with Gasteiger partial charge < -0.3 is 10.2 Å². The Kier molecular flexibility index (Phi) is 5.27. The Hall–Kier alpha value is -2.87. The molecule has 8 heteroatoms. The number of hydrogen-bond acceptors (Lipinski definition) is 4. The van der Waals surface area contributed by atoms with Crippen LogP contribution in [0.4, 0.5) is 16.2 Å². The van der Waals surface area contributed by atoms with E-state index in [2.05, 4.69) is 5.32 Å². The van der Waals surface area contributed by atoms with Crippen LogP contribution in [0, 0.1) is 6.92 Å². The first-order chi connectivity index (χ1) is 14.3. The van der Waals surface area contributed by atoms with Crippen molar-refractivity contribution in [2.24, 2.45) is 0 Å². The minimum atomic E-state index is -3.28. The molecule has 2 saturated heterocycles. The van der Waals surface area contributed by atoms with Crippen molar-refractivity contribution in [1.82, 2.24) is 4.90 Å². The minimum Gasteiger partial charge on any atom is -0.325 e. The van der Waals surface area contributed by atoms with Crippen LogP contribution in [0.2, 0.25) is 0 Å². The van der Waals surface area contributed by atoms with Crippen LogP contribution in [0.3, 0.4) is 0 Å². The lowest BCUT2D eigenvalue weighted by atomic mass is 10.1. The number of sulfone groups is 1. The van der Waals surface area contributed by atoms with Crippen molar-refractivity contribution in [2.45, 2.75) is 32.4 Å². The maximum absolute atomic E-state index is 13.2. The Morgan fingerprint density at radius 1 is 1.10 bits per heavy atom. The number of urea groups is 1. The van der Waals surface area contributed by atoms with Gasteiger partial charge in [0.15, 0.2) is 9.84 Å². The second-order valence-corrected chi connectivity index (χ2v) is 10.1. The van der Waals surface area contributed by atoms with Gasteiger partial charge >= 0.3 is 6.03 Å². The average molecular weight is 428 g/mol. The van der Waals surface area contributed by atoms with Gasteiger partial charge in [-0.05, 0) is 48.7 Å². The number of fused-ring (bicyclic) bond motifs is 1. The van der Waals surface area contributed by atoms with Crippen molar-refractivity contribution in [3.8, 4) is 0 Å². The van der Waals surface area contributed by atoms with E-state index >= 15 is 0 Å². The molecule has 0 radical (unpaired) electrons. The van der Waals surface area contributed by atoms with Crippen LogP contribution < -0.4 is 10.2 Å². The van der Waals surface area contributed by atoms with Crippen LogP contribution in [0.1, 0.15) is 18.1 Å². The number of benzene rings is 2. The van der Waals surface area contributed by atoms with Crippen LogP contribution in [0.15, 0.2) is 48.5 Å². The number of nitrogens with one attached hydrogen (secondary N) is 1. The third kappa shape index (κ3) is 3.92. The van der Waals surface area contributed by atoms with Gasteiger partial charge in [0.25, 0.3) is 0 Å². The van der Waals surface area contributed by atoms with Gasteiger partial charge in [-0.15, -0.1) is 0 Å². The molecule has 2 heterocycles. The summed E-state index contributed by atoms with van der Waals surface area (Å²) in [6.45, 7) is 3.78. The van der Waals surface area contributed by atoms with E-state index in [1.165, 1.54) is 9.80 Å². The van der Waals surface area contributed by atoms with Gasteiger partial charge in [0.2, 0.25) is 5.91 Å².